The fraction of sp³-hybridized carbons (Fsp3) is 0.308. The van der Waals surface area contributed by atoms with Gasteiger partial charge in [0, 0.05) is 6.08 Å². The highest BCUT2D eigenvalue weighted by atomic mass is 16.5. The number of carboxylic acid groups (broad SMARTS) is 1. The van der Waals surface area contributed by atoms with E-state index in [-0.39, 0.29) is 5.75 Å². The quantitative estimate of drug-likeness (QED) is 0.588. The zero-order valence-electron chi connectivity index (χ0n) is 9.72. The minimum Gasteiger partial charge on any atom is -0.504 e. The molecule has 0 amide bonds. The van der Waals surface area contributed by atoms with E-state index in [9.17, 15) is 9.90 Å². The zero-order chi connectivity index (χ0) is 12.7. The Labute approximate surface area is 100 Å². The molecular formula is C13H16O4. The van der Waals surface area contributed by atoms with Crippen LogP contribution >= 0.6 is 0 Å². The van der Waals surface area contributed by atoms with Gasteiger partial charge < -0.3 is 14.9 Å². The minimum atomic E-state index is -1.01. The number of phenolic OH excluding ortho intramolecular Hbond substituents is 1. The fourth-order valence-corrected chi connectivity index (χ4v) is 1.24. The Hall–Kier alpha value is -1.97. The molecule has 4 nitrogen and oxygen atoms in total. The Morgan fingerprint density at radius 3 is 2.88 bits per heavy atom. The number of carbonyl (C=O) groups is 1. The van der Waals surface area contributed by atoms with E-state index in [1.54, 1.807) is 12.1 Å². The summed E-state index contributed by atoms with van der Waals surface area (Å²) in [5.41, 5.74) is 0.677. The standard InChI is InChI=1S/C13H16O4/c1-2-3-8-17-12-9-10(4-6-11(12)14)5-7-13(15)16/h4-7,9,14H,2-3,8H2,1H3,(H,15,16). The van der Waals surface area contributed by atoms with E-state index in [2.05, 4.69) is 6.92 Å². The summed E-state index contributed by atoms with van der Waals surface area (Å²) in [6.45, 7) is 2.59. The van der Waals surface area contributed by atoms with Gasteiger partial charge in [-0.2, -0.15) is 0 Å². The molecule has 2 N–H and O–H groups in total. The highest BCUT2D eigenvalue weighted by Gasteiger charge is 2.02. The number of phenols is 1. The van der Waals surface area contributed by atoms with Crippen LogP contribution in [-0.2, 0) is 4.79 Å². The Balaban J connectivity index is 2.75. The average molecular weight is 236 g/mol. The van der Waals surface area contributed by atoms with Crippen LogP contribution in [0.4, 0.5) is 0 Å². The van der Waals surface area contributed by atoms with Crippen LogP contribution in [0.25, 0.3) is 6.08 Å². The molecule has 1 rings (SSSR count). The summed E-state index contributed by atoms with van der Waals surface area (Å²) < 4.78 is 5.39. The van der Waals surface area contributed by atoms with Crippen LogP contribution in [0.15, 0.2) is 24.3 Å². The highest BCUT2D eigenvalue weighted by Crippen LogP contribution is 2.27. The second kappa shape index (κ2) is 6.58. The fourth-order valence-electron chi connectivity index (χ4n) is 1.24. The summed E-state index contributed by atoms with van der Waals surface area (Å²) in [6.07, 6.45) is 4.42. The van der Waals surface area contributed by atoms with Gasteiger partial charge in [0.15, 0.2) is 11.5 Å². The number of benzene rings is 1. The van der Waals surface area contributed by atoms with Crippen molar-refractivity contribution in [3.8, 4) is 11.5 Å². The van der Waals surface area contributed by atoms with Crippen LogP contribution in [0, 0.1) is 0 Å². The smallest absolute Gasteiger partial charge is 0.328 e. The van der Waals surface area contributed by atoms with E-state index >= 15 is 0 Å². The molecule has 0 saturated carbocycles. The van der Waals surface area contributed by atoms with Crippen molar-refractivity contribution in [1.82, 2.24) is 0 Å². The number of aromatic hydroxyl groups is 1. The van der Waals surface area contributed by atoms with Crippen molar-refractivity contribution in [1.29, 1.82) is 0 Å². The molecule has 0 aromatic heterocycles. The van der Waals surface area contributed by atoms with Crippen LogP contribution in [0.1, 0.15) is 25.3 Å². The summed E-state index contributed by atoms with van der Waals surface area (Å²) >= 11 is 0. The first-order valence-corrected chi connectivity index (χ1v) is 5.50. The van der Waals surface area contributed by atoms with Gasteiger partial charge in [-0.3, -0.25) is 0 Å². The molecule has 1 aromatic rings. The second-order valence-electron chi connectivity index (χ2n) is 3.60. The Morgan fingerprint density at radius 2 is 2.24 bits per heavy atom. The summed E-state index contributed by atoms with van der Waals surface area (Å²) in [4.78, 5) is 10.4. The van der Waals surface area contributed by atoms with Crippen molar-refractivity contribution in [3.05, 3.63) is 29.8 Å². The van der Waals surface area contributed by atoms with Crippen LogP contribution in [-0.4, -0.2) is 22.8 Å². The van der Waals surface area contributed by atoms with Crippen LogP contribution in [0.5, 0.6) is 11.5 Å². The lowest BCUT2D eigenvalue weighted by molar-refractivity contribution is -0.131. The van der Waals surface area contributed by atoms with Crippen molar-refractivity contribution < 1.29 is 19.7 Å². The molecule has 17 heavy (non-hydrogen) atoms. The lowest BCUT2D eigenvalue weighted by Crippen LogP contribution is -1.97. The molecule has 4 heteroatoms. The normalized spacial score (nSPS) is 10.6. The predicted molar refractivity (Wildman–Crippen MR) is 65.2 cm³/mol. The van der Waals surface area contributed by atoms with Gasteiger partial charge in [-0.1, -0.05) is 19.4 Å². The van der Waals surface area contributed by atoms with E-state index in [1.165, 1.54) is 12.1 Å². The van der Waals surface area contributed by atoms with Crippen LogP contribution in [0.3, 0.4) is 0 Å². The van der Waals surface area contributed by atoms with Crippen molar-refractivity contribution in [3.63, 3.8) is 0 Å². The van der Waals surface area contributed by atoms with E-state index < -0.39 is 5.97 Å². The maximum absolute atomic E-state index is 10.4. The first-order chi connectivity index (χ1) is 8.13. The number of hydrogen-bond acceptors (Lipinski definition) is 3. The molecule has 92 valence electrons. The summed E-state index contributed by atoms with van der Waals surface area (Å²) in [5.74, 6) is -0.564. The van der Waals surface area contributed by atoms with Crippen molar-refractivity contribution in [2.24, 2.45) is 0 Å². The van der Waals surface area contributed by atoms with E-state index in [0.717, 1.165) is 18.9 Å². The van der Waals surface area contributed by atoms with Crippen molar-refractivity contribution in [2.75, 3.05) is 6.61 Å². The Morgan fingerprint density at radius 1 is 1.47 bits per heavy atom. The van der Waals surface area contributed by atoms with Gasteiger partial charge in [0.2, 0.25) is 0 Å². The van der Waals surface area contributed by atoms with E-state index in [4.69, 9.17) is 9.84 Å². The van der Waals surface area contributed by atoms with Gasteiger partial charge in [0.05, 0.1) is 6.61 Å². The molecular weight excluding hydrogens is 220 g/mol. The molecule has 1 aromatic carbocycles. The molecule has 0 saturated heterocycles. The lowest BCUT2D eigenvalue weighted by atomic mass is 10.2. The van der Waals surface area contributed by atoms with Gasteiger partial charge in [0.1, 0.15) is 0 Å². The topological polar surface area (TPSA) is 66.8 Å². The number of unbranched alkanes of at least 4 members (excludes halogenated alkanes) is 1. The largest absolute Gasteiger partial charge is 0.504 e. The molecule has 0 spiro atoms. The van der Waals surface area contributed by atoms with Gasteiger partial charge in [-0.05, 0) is 30.2 Å². The molecule has 0 aliphatic heterocycles. The zero-order valence-corrected chi connectivity index (χ0v) is 9.72. The number of rotatable bonds is 6. The number of hydrogen-bond donors (Lipinski definition) is 2. The summed E-state index contributed by atoms with van der Waals surface area (Å²) in [6, 6.07) is 4.73. The van der Waals surface area contributed by atoms with Crippen molar-refractivity contribution in [2.45, 2.75) is 19.8 Å². The SMILES string of the molecule is CCCCOc1cc(C=CC(=O)O)ccc1O. The molecule has 0 fully saturated rings. The van der Waals surface area contributed by atoms with Gasteiger partial charge in [-0.25, -0.2) is 4.79 Å². The highest BCUT2D eigenvalue weighted by molar-refractivity contribution is 5.85. The molecule has 0 aliphatic rings. The van der Waals surface area contributed by atoms with Crippen LogP contribution in [0.2, 0.25) is 0 Å². The Kier molecular flexibility index (Phi) is 5.07. The van der Waals surface area contributed by atoms with E-state index in [0.29, 0.717) is 17.9 Å². The van der Waals surface area contributed by atoms with Gasteiger partial charge in [0.25, 0.3) is 0 Å². The monoisotopic (exact) mass is 236 g/mol. The summed E-state index contributed by atoms with van der Waals surface area (Å²) in [5, 5.41) is 18.1. The van der Waals surface area contributed by atoms with Gasteiger partial charge >= 0.3 is 5.97 Å². The third-order valence-corrected chi connectivity index (χ3v) is 2.16. The average Bonchev–Trinajstić information content (AvgIpc) is 2.30. The van der Waals surface area contributed by atoms with Crippen molar-refractivity contribution >= 4 is 12.0 Å². The number of ether oxygens (including phenoxy) is 1. The Bertz CT molecular complexity index is 410. The molecule has 0 heterocycles. The number of carboxylic acids is 1. The summed E-state index contributed by atoms with van der Waals surface area (Å²) in [7, 11) is 0. The molecule has 0 radical (unpaired) electrons. The number of aliphatic carboxylic acids is 1. The minimum absolute atomic E-state index is 0.0635. The van der Waals surface area contributed by atoms with Gasteiger partial charge in [-0.15, -0.1) is 0 Å². The first-order valence-electron chi connectivity index (χ1n) is 5.50. The maximum Gasteiger partial charge on any atom is 0.328 e. The second-order valence-corrected chi connectivity index (χ2v) is 3.60. The molecule has 0 unspecified atom stereocenters. The van der Waals surface area contributed by atoms with E-state index in [1.807, 2.05) is 0 Å². The lowest BCUT2D eigenvalue weighted by Gasteiger charge is -2.08. The molecule has 0 aliphatic carbocycles. The van der Waals surface area contributed by atoms with Crippen LogP contribution < -0.4 is 4.74 Å². The molecule has 0 atom stereocenters. The third-order valence-electron chi connectivity index (χ3n) is 2.16. The maximum atomic E-state index is 10.4. The molecule has 0 bridgehead atoms. The predicted octanol–water partition coefficient (Wildman–Crippen LogP) is 2.67. The third kappa shape index (κ3) is 4.59. The first kappa shape index (κ1) is 13.1.